The highest BCUT2D eigenvalue weighted by atomic mass is 19.1. The first kappa shape index (κ1) is 16.9. The van der Waals surface area contributed by atoms with E-state index in [-0.39, 0.29) is 5.82 Å². The Morgan fingerprint density at radius 2 is 1.96 bits per heavy atom. The third-order valence-electron chi connectivity index (χ3n) is 5.14. The van der Waals surface area contributed by atoms with E-state index >= 15 is 0 Å². The predicted molar refractivity (Wildman–Crippen MR) is 99.0 cm³/mol. The molecule has 3 aromatic rings. The lowest BCUT2D eigenvalue weighted by Gasteiger charge is -2.34. The van der Waals surface area contributed by atoms with Gasteiger partial charge < -0.3 is 10.4 Å². The fourth-order valence-corrected chi connectivity index (χ4v) is 3.80. The van der Waals surface area contributed by atoms with E-state index in [1.165, 1.54) is 17.7 Å². The molecule has 2 aromatic carbocycles. The quantitative estimate of drug-likeness (QED) is 0.659. The molecule has 0 spiro atoms. The summed E-state index contributed by atoms with van der Waals surface area (Å²) >= 11 is 0. The van der Waals surface area contributed by atoms with Gasteiger partial charge in [0.05, 0.1) is 11.9 Å². The monoisotopic (exact) mass is 351 g/mol. The van der Waals surface area contributed by atoms with Crippen LogP contribution in [0.2, 0.25) is 0 Å². The lowest BCUT2D eigenvalue weighted by atomic mass is 9.79. The molecule has 0 fully saturated rings. The van der Waals surface area contributed by atoms with Crippen LogP contribution in [0.25, 0.3) is 11.3 Å². The minimum atomic E-state index is -0.839. The smallest absolute Gasteiger partial charge is 0.123 e. The van der Waals surface area contributed by atoms with Crippen molar-refractivity contribution in [2.45, 2.75) is 31.4 Å². The second-order valence-corrected chi connectivity index (χ2v) is 6.92. The molecule has 0 radical (unpaired) electrons. The van der Waals surface area contributed by atoms with Crippen molar-refractivity contribution >= 4 is 0 Å². The second-order valence-electron chi connectivity index (χ2n) is 6.92. The highest BCUT2D eigenvalue weighted by Gasteiger charge is 2.33. The van der Waals surface area contributed by atoms with Gasteiger partial charge in [-0.2, -0.15) is 5.10 Å². The first-order valence-corrected chi connectivity index (χ1v) is 8.95. The van der Waals surface area contributed by atoms with Gasteiger partial charge in [0.25, 0.3) is 0 Å². The molecule has 5 heteroatoms. The number of rotatable bonds is 5. The van der Waals surface area contributed by atoms with Gasteiger partial charge in [0.1, 0.15) is 11.4 Å². The summed E-state index contributed by atoms with van der Waals surface area (Å²) < 4.78 is 13.1. The van der Waals surface area contributed by atoms with E-state index in [1.54, 1.807) is 18.3 Å². The molecule has 4 nitrogen and oxygen atoms in total. The molecule has 4 rings (SSSR count). The topological polar surface area (TPSA) is 60.9 Å². The van der Waals surface area contributed by atoms with E-state index in [4.69, 9.17) is 0 Å². The van der Waals surface area contributed by atoms with Crippen LogP contribution in [-0.4, -0.2) is 21.8 Å². The van der Waals surface area contributed by atoms with Crippen LogP contribution in [0.15, 0.2) is 54.7 Å². The first-order valence-electron chi connectivity index (χ1n) is 8.95. The Morgan fingerprint density at radius 3 is 2.81 bits per heavy atom. The average molecular weight is 351 g/mol. The number of hydrogen-bond donors (Lipinski definition) is 3. The number of halogens is 1. The van der Waals surface area contributed by atoms with Crippen LogP contribution in [-0.2, 0) is 18.6 Å². The summed E-state index contributed by atoms with van der Waals surface area (Å²) in [6.07, 6.45) is 4.54. The van der Waals surface area contributed by atoms with E-state index in [2.05, 4.69) is 21.6 Å². The zero-order chi connectivity index (χ0) is 18.0. The maximum absolute atomic E-state index is 13.1. The first-order chi connectivity index (χ1) is 12.7. The molecule has 0 bridgehead atoms. The van der Waals surface area contributed by atoms with Crippen LogP contribution in [0, 0.1) is 5.82 Å². The maximum Gasteiger partial charge on any atom is 0.123 e. The number of aryl methyl sites for hydroxylation is 1. The van der Waals surface area contributed by atoms with Gasteiger partial charge in [0, 0.05) is 24.2 Å². The lowest BCUT2D eigenvalue weighted by molar-refractivity contribution is 0.0189. The van der Waals surface area contributed by atoms with Gasteiger partial charge in [-0.25, -0.2) is 4.39 Å². The molecule has 0 saturated carbocycles. The molecule has 1 aliphatic rings. The van der Waals surface area contributed by atoms with E-state index in [0.717, 1.165) is 41.6 Å². The van der Waals surface area contributed by atoms with Crippen molar-refractivity contribution in [2.24, 2.45) is 0 Å². The molecule has 1 unspecified atom stereocenters. The van der Waals surface area contributed by atoms with E-state index in [0.29, 0.717) is 13.1 Å². The zero-order valence-electron chi connectivity index (χ0n) is 14.5. The fraction of sp³-hybridized carbons (Fsp3) is 0.286. The van der Waals surface area contributed by atoms with E-state index < -0.39 is 5.60 Å². The van der Waals surface area contributed by atoms with Crippen LogP contribution in [0.4, 0.5) is 4.39 Å². The van der Waals surface area contributed by atoms with Gasteiger partial charge in [-0.15, -0.1) is 0 Å². The Bertz CT molecular complexity index is 890. The molecule has 1 aliphatic carbocycles. The van der Waals surface area contributed by atoms with Gasteiger partial charge in [-0.05, 0) is 54.7 Å². The molecule has 1 aromatic heterocycles. The SMILES string of the molecule is OC1(CNCc2cn[nH]c2-c2ccc(F)cc2)CCCc2ccccc21. The number of H-pyrrole nitrogens is 1. The van der Waals surface area contributed by atoms with Crippen molar-refractivity contribution in [2.75, 3.05) is 6.54 Å². The Hall–Kier alpha value is -2.50. The standard InChI is InChI=1S/C21H22FN3O/c22-18-9-7-16(8-10-18)20-17(13-24-25-20)12-23-14-21(26)11-3-5-15-4-1-2-6-19(15)21/h1-2,4,6-10,13,23,26H,3,5,11-12,14H2,(H,24,25). The highest BCUT2D eigenvalue weighted by Crippen LogP contribution is 2.34. The van der Waals surface area contributed by atoms with Gasteiger partial charge >= 0.3 is 0 Å². The summed E-state index contributed by atoms with van der Waals surface area (Å²) in [6, 6.07) is 14.5. The Labute approximate surface area is 152 Å². The predicted octanol–water partition coefficient (Wildman–Crippen LogP) is 3.53. The summed E-state index contributed by atoms with van der Waals surface area (Å²) in [5, 5.41) is 21.6. The minimum Gasteiger partial charge on any atom is -0.384 e. The van der Waals surface area contributed by atoms with Crippen molar-refractivity contribution < 1.29 is 9.50 Å². The number of nitrogens with one attached hydrogen (secondary N) is 2. The molecule has 1 heterocycles. The molecule has 26 heavy (non-hydrogen) atoms. The Kier molecular flexibility index (Phi) is 4.57. The van der Waals surface area contributed by atoms with Crippen molar-refractivity contribution in [3.8, 4) is 11.3 Å². The van der Waals surface area contributed by atoms with Crippen molar-refractivity contribution in [1.82, 2.24) is 15.5 Å². The number of hydrogen-bond acceptors (Lipinski definition) is 3. The molecule has 0 aliphatic heterocycles. The molecule has 1 atom stereocenters. The molecular formula is C21H22FN3O. The van der Waals surface area contributed by atoms with E-state index in [9.17, 15) is 9.50 Å². The molecule has 0 saturated heterocycles. The van der Waals surface area contributed by atoms with Gasteiger partial charge in [0.15, 0.2) is 0 Å². The molecule has 0 amide bonds. The summed E-state index contributed by atoms with van der Waals surface area (Å²) in [5.41, 5.74) is 4.18. The van der Waals surface area contributed by atoms with Crippen LogP contribution in [0.3, 0.4) is 0 Å². The number of aromatic nitrogens is 2. The summed E-state index contributed by atoms with van der Waals surface area (Å²) in [6.45, 7) is 1.06. The highest BCUT2D eigenvalue weighted by molar-refractivity contribution is 5.62. The van der Waals surface area contributed by atoms with Gasteiger partial charge in [0.2, 0.25) is 0 Å². The van der Waals surface area contributed by atoms with E-state index in [1.807, 2.05) is 18.2 Å². The lowest BCUT2D eigenvalue weighted by Crippen LogP contribution is -2.40. The third-order valence-corrected chi connectivity index (χ3v) is 5.14. The molecule has 134 valence electrons. The van der Waals surface area contributed by atoms with Gasteiger partial charge in [-0.1, -0.05) is 24.3 Å². The average Bonchev–Trinajstić information content (AvgIpc) is 3.11. The number of fused-ring (bicyclic) bond motifs is 1. The number of aromatic amines is 1. The van der Waals surface area contributed by atoms with Crippen molar-refractivity contribution in [3.05, 3.63) is 77.2 Å². The summed E-state index contributed by atoms with van der Waals surface area (Å²) in [4.78, 5) is 0. The van der Waals surface area contributed by atoms with Crippen LogP contribution >= 0.6 is 0 Å². The van der Waals surface area contributed by atoms with Crippen LogP contribution in [0.1, 0.15) is 29.5 Å². The summed E-state index contributed by atoms with van der Waals surface area (Å²) in [7, 11) is 0. The molecular weight excluding hydrogens is 329 g/mol. The Balaban J connectivity index is 1.47. The Morgan fingerprint density at radius 1 is 1.15 bits per heavy atom. The van der Waals surface area contributed by atoms with Crippen LogP contribution < -0.4 is 5.32 Å². The largest absolute Gasteiger partial charge is 0.384 e. The van der Waals surface area contributed by atoms with Gasteiger partial charge in [-0.3, -0.25) is 5.10 Å². The van der Waals surface area contributed by atoms with Crippen molar-refractivity contribution in [3.63, 3.8) is 0 Å². The normalized spacial score (nSPS) is 19.3. The number of aliphatic hydroxyl groups is 1. The molecule has 3 N–H and O–H groups in total. The minimum absolute atomic E-state index is 0.258. The van der Waals surface area contributed by atoms with Crippen molar-refractivity contribution in [1.29, 1.82) is 0 Å². The number of nitrogens with zero attached hydrogens (tertiary/aromatic N) is 1. The maximum atomic E-state index is 13.1. The van der Waals surface area contributed by atoms with Crippen LogP contribution in [0.5, 0.6) is 0 Å². The summed E-state index contributed by atoms with van der Waals surface area (Å²) in [5.74, 6) is -0.258. The second kappa shape index (κ2) is 7.02. The third kappa shape index (κ3) is 3.28. The zero-order valence-corrected chi connectivity index (χ0v) is 14.5. The number of benzene rings is 2. The fourth-order valence-electron chi connectivity index (χ4n) is 3.80.